The summed E-state index contributed by atoms with van der Waals surface area (Å²) in [7, 11) is 3.67. The Bertz CT molecular complexity index is 1200. The zero-order valence-corrected chi connectivity index (χ0v) is 16.8. The van der Waals surface area contributed by atoms with Crippen molar-refractivity contribution in [1.29, 1.82) is 0 Å². The molecule has 2 aromatic carbocycles. The summed E-state index contributed by atoms with van der Waals surface area (Å²) in [5, 5.41) is 8.45. The second-order valence-electron chi connectivity index (χ2n) is 6.89. The van der Waals surface area contributed by atoms with Crippen molar-refractivity contribution in [2.45, 2.75) is 6.92 Å². The van der Waals surface area contributed by atoms with E-state index in [1.165, 1.54) is 12.1 Å². The average Bonchev–Trinajstić information content (AvgIpc) is 3.05. The number of halogens is 1. The van der Waals surface area contributed by atoms with Crippen LogP contribution in [0, 0.1) is 12.7 Å². The molecule has 4 rings (SSSR count). The molecule has 0 spiro atoms. The highest BCUT2D eigenvalue weighted by molar-refractivity contribution is 6.00. The van der Waals surface area contributed by atoms with Crippen LogP contribution >= 0.6 is 0 Å². The zero-order valence-electron chi connectivity index (χ0n) is 16.8. The lowest BCUT2D eigenvalue weighted by molar-refractivity contribution is 0.628. The van der Waals surface area contributed by atoms with E-state index in [2.05, 4.69) is 35.8 Å². The molecule has 0 saturated heterocycles. The van der Waals surface area contributed by atoms with E-state index in [-0.39, 0.29) is 11.8 Å². The van der Waals surface area contributed by atoms with Gasteiger partial charge in [-0.1, -0.05) is 18.2 Å². The maximum absolute atomic E-state index is 13.1. The van der Waals surface area contributed by atoms with Gasteiger partial charge in [0.25, 0.3) is 0 Å². The van der Waals surface area contributed by atoms with Crippen LogP contribution in [0.15, 0.2) is 53.6 Å². The normalized spacial score (nSPS) is 11.2. The number of benzene rings is 2. The van der Waals surface area contributed by atoms with Crippen LogP contribution in [0.2, 0.25) is 0 Å². The van der Waals surface area contributed by atoms with E-state index in [1.807, 2.05) is 45.3 Å². The van der Waals surface area contributed by atoms with E-state index in [1.54, 1.807) is 23.2 Å². The molecule has 0 saturated carbocycles. The number of fused-ring (bicyclic) bond motifs is 1. The second-order valence-corrected chi connectivity index (χ2v) is 6.89. The third-order valence-electron chi connectivity index (χ3n) is 4.43. The predicted octanol–water partition coefficient (Wildman–Crippen LogP) is 4.06. The van der Waals surface area contributed by atoms with E-state index in [9.17, 15) is 4.39 Å². The Morgan fingerprint density at radius 1 is 1.00 bits per heavy atom. The summed E-state index contributed by atoms with van der Waals surface area (Å²) in [5.41, 5.74) is 6.60. The van der Waals surface area contributed by atoms with Crippen LogP contribution in [0.5, 0.6) is 0 Å². The van der Waals surface area contributed by atoms with Crippen molar-refractivity contribution in [2.24, 2.45) is 5.10 Å². The number of aryl methyl sites for hydroxylation is 1. The van der Waals surface area contributed by atoms with Crippen molar-refractivity contribution in [3.05, 3.63) is 65.6 Å². The number of rotatable bonds is 6. The highest BCUT2D eigenvalue weighted by atomic mass is 19.1. The number of aromatic nitrogens is 4. The molecule has 4 aromatic rings. The fourth-order valence-corrected chi connectivity index (χ4v) is 2.95. The number of para-hydroxylation sites is 1. The van der Waals surface area contributed by atoms with Crippen LogP contribution in [0.25, 0.3) is 10.9 Å². The smallest absolute Gasteiger partial charge is 0.250 e. The minimum Gasteiger partial charge on any atom is -0.358 e. The molecule has 2 heterocycles. The fourth-order valence-electron chi connectivity index (χ4n) is 2.95. The van der Waals surface area contributed by atoms with Gasteiger partial charge in [0.05, 0.1) is 6.21 Å². The van der Waals surface area contributed by atoms with E-state index >= 15 is 0 Å². The molecule has 0 amide bonds. The van der Waals surface area contributed by atoms with Gasteiger partial charge in [-0.3, -0.25) is 0 Å². The molecule has 0 aliphatic carbocycles. The summed E-state index contributed by atoms with van der Waals surface area (Å²) in [6.45, 7) is 2.00. The van der Waals surface area contributed by atoms with Crippen molar-refractivity contribution in [3.63, 3.8) is 0 Å². The lowest BCUT2D eigenvalue weighted by atomic mass is 10.1. The van der Waals surface area contributed by atoms with Gasteiger partial charge in [-0.25, -0.2) is 9.82 Å². The Kier molecular flexibility index (Phi) is 5.25. The summed E-state index contributed by atoms with van der Waals surface area (Å²) in [5.74, 6) is 0.748. The standard InChI is InChI=1S/C21H21FN8/c1-13-17(16-6-4-5-7-18(16)24-13)12-23-29-20-26-19(27-21(28-20)30(2)3)25-15-10-8-14(22)9-11-15/h4-12,24H,1-3H3,(H2,25,26,27,28,29)/b23-12+. The molecular weight excluding hydrogens is 383 g/mol. The number of anilines is 4. The van der Waals surface area contributed by atoms with Crippen LogP contribution in [0.1, 0.15) is 11.3 Å². The highest BCUT2D eigenvalue weighted by Gasteiger charge is 2.09. The minimum atomic E-state index is -0.311. The van der Waals surface area contributed by atoms with Gasteiger partial charge in [0.1, 0.15) is 5.82 Å². The molecule has 8 nitrogen and oxygen atoms in total. The lowest BCUT2D eigenvalue weighted by Crippen LogP contribution is -2.15. The number of hydrogen-bond donors (Lipinski definition) is 3. The molecule has 2 aromatic heterocycles. The van der Waals surface area contributed by atoms with E-state index in [0.717, 1.165) is 22.2 Å². The van der Waals surface area contributed by atoms with Gasteiger partial charge in [-0.15, -0.1) is 0 Å². The third-order valence-corrected chi connectivity index (χ3v) is 4.43. The van der Waals surface area contributed by atoms with Crippen molar-refractivity contribution >= 4 is 40.6 Å². The first kappa shape index (κ1) is 19.3. The maximum atomic E-state index is 13.1. The van der Waals surface area contributed by atoms with Crippen molar-refractivity contribution < 1.29 is 4.39 Å². The Morgan fingerprint density at radius 3 is 2.50 bits per heavy atom. The second kappa shape index (κ2) is 8.16. The first-order valence-electron chi connectivity index (χ1n) is 9.32. The molecule has 152 valence electrons. The SMILES string of the molecule is Cc1[nH]c2ccccc2c1/C=N/Nc1nc(Nc2ccc(F)cc2)nc(N(C)C)n1. The summed E-state index contributed by atoms with van der Waals surface area (Å²) in [6, 6.07) is 14.0. The molecule has 30 heavy (non-hydrogen) atoms. The highest BCUT2D eigenvalue weighted by Crippen LogP contribution is 2.20. The molecule has 0 aliphatic rings. The Hall–Kier alpha value is -4.01. The van der Waals surface area contributed by atoms with Gasteiger partial charge in [0, 0.05) is 41.9 Å². The van der Waals surface area contributed by atoms with E-state index < -0.39 is 0 Å². The quantitative estimate of drug-likeness (QED) is 0.331. The largest absolute Gasteiger partial charge is 0.358 e. The van der Waals surface area contributed by atoms with Gasteiger partial charge in [-0.2, -0.15) is 20.1 Å². The number of hydrazone groups is 1. The summed E-state index contributed by atoms with van der Waals surface area (Å²) < 4.78 is 13.1. The first-order valence-corrected chi connectivity index (χ1v) is 9.32. The van der Waals surface area contributed by atoms with Gasteiger partial charge in [0.2, 0.25) is 17.8 Å². The Balaban J connectivity index is 1.58. The molecule has 0 fully saturated rings. The van der Waals surface area contributed by atoms with E-state index in [4.69, 9.17) is 0 Å². The third kappa shape index (κ3) is 4.19. The number of aromatic amines is 1. The Labute approximate surface area is 172 Å². The van der Waals surface area contributed by atoms with Crippen LogP contribution in [0.4, 0.5) is 27.9 Å². The van der Waals surface area contributed by atoms with E-state index in [0.29, 0.717) is 17.6 Å². The minimum absolute atomic E-state index is 0.284. The number of hydrogen-bond acceptors (Lipinski definition) is 7. The maximum Gasteiger partial charge on any atom is 0.250 e. The first-order chi connectivity index (χ1) is 14.5. The van der Waals surface area contributed by atoms with Crippen LogP contribution in [0.3, 0.4) is 0 Å². The predicted molar refractivity (Wildman–Crippen MR) is 118 cm³/mol. The molecule has 0 bridgehead atoms. The molecule has 0 atom stereocenters. The molecule has 9 heteroatoms. The molecular formula is C21H21FN8. The summed E-state index contributed by atoms with van der Waals surface area (Å²) >= 11 is 0. The van der Waals surface area contributed by atoms with Crippen molar-refractivity contribution in [1.82, 2.24) is 19.9 Å². The zero-order chi connectivity index (χ0) is 21.1. The van der Waals surface area contributed by atoms with Gasteiger partial charge < -0.3 is 15.2 Å². The van der Waals surface area contributed by atoms with Crippen molar-refractivity contribution in [2.75, 3.05) is 29.7 Å². The lowest BCUT2D eigenvalue weighted by Gasteiger charge is -2.13. The van der Waals surface area contributed by atoms with Gasteiger partial charge in [-0.05, 0) is 37.3 Å². The average molecular weight is 404 g/mol. The van der Waals surface area contributed by atoms with Gasteiger partial charge >= 0.3 is 0 Å². The molecule has 0 aliphatic heterocycles. The fraction of sp³-hybridized carbons (Fsp3) is 0.143. The molecule has 3 N–H and O–H groups in total. The number of nitrogens with zero attached hydrogens (tertiary/aromatic N) is 5. The van der Waals surface area contributed by atoms with Crippen LogP contribution in [-0.2, 0) is 0 Å². The Morgan fingerprint density at radius 2 is 1.73 bits per heavy atom. The molecule has 0 radical (unpaired) electrons. The topological polar surface area (TPSA) is 94.1 Å². The number of H-pyrrole nitrogens is 1. The monoisotopic (exact) mass is 404 g/mol. The van der Waals surface area contributed by atoms with Gasteiger partial charge in [0.15, 0.2) is 0 Å². The molecule has 0 unspecified atom stereocenters. The van der Waals surface area contributed by atoms with Crippen molar-refractivity contribution in [3.8, 4) is 0 Å². The number of nitrogens with one attached hydrogen (secondary N) is 3. The van der Waals surface area contributed by atoms with Crippen LogP contribution < -0.4 is 15.6 Å². The summed E-state index contributed by atoms with van der Waals surface area (Å²) in [4.78, 5) is 18.2. The van der Waals surface area contributed by atoms with Crippen LogP contribution in [-0.4, -0.2) is 40.2 Å². The summed E-state index contributed by atoms with van der Waals surface area (Å²) in [6.07, 6.45) is 1.74.